The maximum Gasteiger partial charge on any atom is 0.335 e. The van der Waals surface area contributed by atoms with Crippen LogP contribution in [0.15, 0.2) is 63.9 Å². The smallest absolute Gasteiger partial charge is 0.335 e. The number of nitrogens with zero attached hydrogens (tertiary/aromatic N) is 4. The Kier molecular flexibility index (Phi) is 6.29. The molecule has 0 radical (unpaired) electrons. The largest absolute Gasteiger partial charge is 0.478 e. The molecule has 0 fully saturated rings. The zero-order valence-electron chi connectivity index (χ0n) is 16.8. The number of carbonyl (C=O) groups is 4. The molecule has 10 heteroatoms. The molecule has 0 bridgehead atoms. The number of azo groups is 1. The fraction of sp³-hybridized carbons (Fsp3) is 0.190. The summed E-state index contributed by atoms with van der Waals surface area (Å²) in [5.41, 5.74) is 2.18. The number of aryl methyl sites for hydroxylation is 1. The lowest BCUT2D eigenvalue weighted by Crippen LogP contribution is -2.36. The van der Waals surface area contributed by atoms with E-state index in [9.17, 15) is 19.2 Å². The normalized spacial score (nSPS) is 15.8. The fourth-order valence-corrected chi connectivity index (χ4v) is 2.80. The molecule has 0 unspecified atom stereocenters. The van der Waals surface area contributed by atoms with Crippen molar-refractivity contribution in [2.45, 2.75) is 26.3 Å². The molecule has 10 nitrogen and oxygen atoms in total. The lowest BCUT2D eigenvalue weighted by Gasteiger charge is -2.11. The van der Waals surface area contributed by atoms with Crippen molar-refractivity contribution in [1.82, 2.24) is 5.01 Å². The van der Waals surface area contributed by atoms with E-state index >= 15 is 0 Å². The van der Waals surface area contributed by atoms with Gasteiger partial charge in [0.2, 0.25) is 5.91 Å². The molecule has 3 rings (SSSR count). The van der Waals surface area contributed by atoms with Crippen LogP contribution in [0.5, 0.6) is 0 Å². The quantitative estimate of drug-likeness (QED) is 0.545. The number of amides is 3. The van der Waals surface area contributed by atoms with Crippen molar-refractivity contribution in [3.05, 3.63) is 59.7 Å². The van der Waals surface area contributed by atoms with Crippen molar-refractivity contribution in [3.8, 4) is 0 Å². The first-order valence-corrected chi connectivity index (χ1v) is 9.27. The number of rotatable bonds is 6. The number of anilines is 1. The number of hydrogen-bond acceptors (Lipinski definition) is 7. The van der Waals surface area contributed by atoms with Gasteiger partial charge >= 0.3 is 5.97 Å². The number of hydrogen-bond donors (Lipinski definition) is 2. The minimum atomic E-state index is -1.09. The van der Waals surface area contributed by atoms with Crippen LogP contribution in [0.3, 0.4) is 0 Å². The first kappa shape index (κ1) is 21.5. The van der Waals surface area contributed by atoms with E-state index in [1.54, 1.807) is 18.2 Å². The highest BCUT2D eigenvalue weighted by Crippen LogP contribution is 2.19. The van der Waals surface area contributed by atoms with Crippen LogP contribution in [0.2, 0.25) is 0 Å². The molecule has 158 valence electrons. The summed E-state index contributed by atoms with van der Waals surface area (Å²) in [7, 11) is 0. The Bertz CT molecular complexity index is 1110. The Hall–Kier alpha value is -4.21. The number of carbonyl (C=O) groups excluding carboxylic acids is 3. The lowest BCUT2D eigenvalue weighted by atomic mass is 10.2. The summed E-state index contributed by atoms with van der Waals surface area (Å²) in [4.78, 5) is 48.0. The molecule has 1 heterocycles. The van der Waals surface area contributed by atoms with Crippen molar-refractivity contribution in [2.75, 3.05) is 5.32 Å². The van der Waals surface area contributed by atoms with Gasteiger partial charge in [0.15, 0.2) is 6.04 Å². The van der Waals surface area contributed by atoms with Gasteiger partial charge in [0.1, 0.15) is 6.42 Å². The molecule has 2 N–H and O–H groups in total. The van der Waals surface area contributed by atoms with Gasteiger partial charge in [-0.3, -0.25) is 14.4 Å². The maximum absolute atomic E-state index is 12.5. The van der Waals surface area contributed by atoms with Crippen molar-refractivity contribution >= 4 is 40.8 Å². The van der Waals surface area contributed by atoms with Crippen molar-refractivity contribution in [1.29, 1.82) is 0 Å². The monoisotopic (exact) mass is 421 g/mol. The average Bonchev–Trinajstić information content (AvgIpc) is 3.00. The Morgan fingerprint density at radius 1 is 1.13 bits per heavy atom. The summed E-state index contributed by atoms with van der Waals surface area (Å²) in [6.07, 6.45) is -0.559. The summed E-state index contributed by atoms with van der Waals surface area (Å²) in [5.74, 6) is -3.13. The van der Waals surface area contributed by atoms with E-state index in [-0.39, 0.29) is 11.3 Å². The average molecular weight is 421 g/mol. The first-order valence-electron chi connectivity index (χ1n) is 9.27. The van der Waals surface area contributed by atoms with Crippen LogP contribution in [-0.4, -0.2) is 45.6 Å². The highest BCUT2D eigenvalue weighted by Gasteiger charge is 2.38. The van der Waals surface area contributed by atoms with E-state index in [1.165, 1.54) is 31.2 Å². The molecule has 31 heavy (non-hydrogen) atoms. The summed E-state index contributed by atoms with van der Waals surface area (Å²) < 4.78 is 0. The molecule has 0 aromatic heterocycles. The Morgan fingerprint density at radius 3 is 2.48 bits per heavy atom. The van der Waals surface area contributed by atoms with Crippen molar-refractivity contribution < 1.29 is 24.3 Å². The van der Waals surface area contributed by atoms with E-state index in [0.29, 0.717) is 16.4 Å². The summed E-state index contributed by atoms with van der Waals surface area (Å²) in [5, 5.41) is 23.9. The standard InChI is InChI=1S/C21H19N5O5/c1-12-4-3-5-16(10-12)22-17(27)11-18(28)26-20(29)19(13(2)25-26)24-23-15-8-6-14(7-9-15)21(30)31/h3-10,19H,11H2,1-2H3,(H,22,27)(H,30,31)/t19-/m1/s1. The van der Waals surface area contributed by atoms with Crippen LogP contribution in [0.4, 0.5) is 11.4 Å². The summed E-state index contributed by atoms with van der Waals surface area (Å²) in [6.45, 7) is 3.39. The molecule has 0 aliphatic carbocycles. The third-order valence-corrected chi connectivity index (χ3v) is 4.35. The number of benzene rings is 2. The molecule has 3 amide bonds. The summed E-state index contributed by atoms with van der Waals surface area (Å²) in [6, 6.07) is 11.6. The molecule has 1 aliphatic heterocycles. The second-order valence-electron chi connectivity index (χ2n) is 6.85. The molecule has 2 aromatic carbocycles. The third kappa shape index (κ3) is 5.24. The number of aromatic carboxylic acids is 1. The molecular weight excluding hydrogens is 402 g/mol. The maximum atomic E-state index is 12.5. The minimum Gasteiger partial charge on any atom is -0.478 e. The van der Waals surface area contributed by atoms with Crippen LogP contribution in [0.1, 0.15) is 29.3 Å². The van der Waals surface area contributed by atoms with Gasteiger partial charge in [-0.15, -0.1) is 0 Å². The predicted molar refractivity (Wildman–Crippen MR) is 111 cm³/mol. The van der Waals surface area contributed by atoms with Gasteiger partial charge in [-0.2, -0.15) is 20.3 Å². The third-order valence-electron chi connectivity index (χ3n) is 4.35. The number of nitrogens with one attached hydrogen (secondary N) is 1. The number of imide groups is 1. The molecule has 0 saturated carbocycles. The van der Waals surface area contributed by atoms with Gasteiger partial charge in [0, 0.05) is 5.69 Å². The summed E-state index contributed by atoms with van der Waals surface area (Å²) >= 11 is 0. The highest BCUT2D eigenvalue weighted by atomic mass is 16.4. The first-order chi connectivity index (χ1) is 14.7. The Labute approximate surface area is 177 Å². The van der Waals surface area contributed by atoms with Crippen LogP contribution in [0, 0.1) is 6.92 Å². The van der Waals surface area contributed by atoms with Gasteiger partial charge in [-0.1, -0.05) is 12.1 Å². The van der Waals surface area contributed by atoms with Crippen LogP contribution < -0.4 is 5.32 Å². The zero-order chi connectivity index (χ0) is 22.5. The second kappa shape index (κ2) is 9.08. The highest BCUT2D eigenvalue weighted by molar-refractivity contribution is 6.18. The van der Waals surface area contributed by atoms with E-state index < -0.39 is 36.2 Å². The number of carboxylic acid groups (broad SMARTS) is 1. The predicted octanol–water partition coefficient (Wildman–Crippen LogP) is 2.92. The van der Waals surface area contributed by atoms with Crippen LogP contribution >= 0.6 is 0 Å². The van der Waals surface area contributed by atoms with Crippen molar-refractivity contribution in [3.63, 3.8) is 0 Å². The number of hydrazone groups is 1. The molecule has 1 aliphatic rings. The van der Waals surface area contributed by atoms with Gasteiger partial charge in [-0.05, 0) is 55.8 Å². The lowest BCUT2D eigenvalue weighted by molar-refractivity contribution is -0.144. The zero-order valence-corrected chi connectivity index (χ0v) is 16.8. The molecule has 0 saturated heterocycles. The van der Waals surface area contributed by atoms with Crippen LogP contribution in [0.25, 0.3) is 0 Å². The van der Waals surface area contributed by atoms with E-state index in [4.69, 9.17) is 5.11 Å². The fourth-order valence-electron chi connectivity index (χ4n) is 2.80. The molecule has 2 aromatic rings. The SMILES string of the molecule is CC1=NN(C(=O)CC(=O)Nc2cccc(C)c2)C(=O)[C@@H]1N=Nc1ccc(C(=O)O)cc1. The van der Waals surface area contributed by atoms with Gasteiger partial charge < -0.3 is 10.4 Å². The van der Waals surface area contributed by atoms with E-state index in [2.05, 4.69) is 20.6 Å². The van der Waals surface area contributed by atoms with E-state index in [1.807, 2.05) is 13.0 Å². The number of carboxylic acids is 1. The van der Waals surface area contributed by atoms with E-state index in [0.717, 1.165) is 5.56 Å². The van der Waals surface area contributed by atoms with Gasteiger partial charge in [0.25, 0.3) is 11.8 Å². The van der Waals surface area contributed by atoms with Crippen LogP contribution in [-0.2, 0) is 14.4 Å². The molecule has 0 spiro atoms. The topological polar surface area (TPSA) is 141 Å². The Balaban J connectivity index is 1.62. The molecular formula is C21H19N5O5. The van der Waals surface area contributed by atoms with Gasteiger partial charge in [-0.25, -0.2) is 4.79 Å². The molecule has 1 atom stereocenters. The minimum absolute atomic E-state index is 0.0920. The Morgan fingerprint density at radius 2 is 1.84 bits per heavy atom. The second-order valence-corrected chi connectivity index (χ2v) is 6.85. The van der Waals surface area contributed by atoms with Gasteiger partial charge in [0.05, 0.1) is 17.0 Å². The van der Waals surface area contributed by atoms with Crippen molar-refractivity contribution in [2.24, 2.45) is 15.3 Å².